The number of imide groups is 1. The Hall–Kier alpha value is -2.87. The Balaban J connectivity index is 1.53. The van der Waals surface area contributed by atoms with Gasteiger partial charge in [-0.05, 0) is 42.7 Å². The molecule has 0 unspecified atom stereocenters. The van der Waals surface area contributed by atoms with Gasteiger partial charge in [0.2, 0.25) is 0 Å². The second-order valence-electron chi connectivity index (χ2n) is 7.46. The van der Waals surface area contributed by atoms with Crippen LogP contribution in [0.25, 0.3) is 5.69 Å². The summed E-state index contributed by atoms with van der Waals surface area (Å²) in [6.45, 7) is 2.21. The molecule has 3 heterocycles. The number of likely N-dealkylation sites (tertiary alicyclic amines) is 1. The van der Waals surface area contributed by atoms with Crippen LogP contribution >= 0.6 is 0 Å². The molecule has 1 aromatic carbocycles. The molecule has 1 spiro atoms. The second-order valence-corrected chi connectivity index (χ2v) is 7.46. The number of hydrogen-bond donors (Lipinski definition) is 0. The first-order valence-electron chi connectivity index (χ1n) is 9.41. The average molecular weight is 383 g/mol. The van der Waals surface area contributed by atoms with Gasteiger partial charge in [-0.1, -0.05) is 0 Å². The summed E-state index contributed by atoms with van der Waals surface area (Å²) in [7, 11) is 4.96. The van der Waals surface area contributed by atoms with Gasteiger partial charge in [0, 0.05) is 46.1 Å². The maximum Gasteiger partial charge on any atom is 0.327 e. The number of aromatic nitrogens is 2. The Bertz CT molecular complexity index is 887. The Morgan fingerprint density at radius 1 is 1.18 bits per heavy atom. The zero-order valence-electron chi connectivity index (χ0n) is 16.5. The first-order valence-corrected chi connectivity index (χ1v) is 9.41. The molecule has 0 atom stereocenters. The lowest BCUT2D eigenvalue weighted by atomic mass is 9.86. The van der Waals surface area contributed by atoms with E-state index < -0.39 is 5.54 Å². The SMILES string of the molecule is COc1ccc(-n2cccn2)c(CN2CCC3(CC2)C(=O)N(C)C(=O)N3C)c1. The molecule has 28 heavy (non-hydrogen) atoms. The molecule has 1 aromatic heterocycles. The van der Waals surface area contributed by atoms with Crippen molar-refractivity contribution in [2.24, 2.45) is 0 Å². The molecule has 2 aliphatic rings. The molecule has 2 fully saturated rings. The highest BCUT2D eigenvalue weighted by Gasteiger charge is 2.55. The molecule has 2 saturated heterocycles. The quantitative estimate of drug-likeness (QED) is 0.752. The number of methoxy groups -OCH3 is 1. The van der Waals surface area contributed by atoms with E-state index in [0.29, 0.717) is 12.8 Å². The average Bonchev–Trinajstić information content (AvgIpc) is 3.30. The molecule has 0 radical (unpaired) electrons. The van der Waals surface area contributed by atoms with Gasteiger partial charge in [0.25, 0.3) is 5.91 Å². The summed E-state index contributed by atoms with van der Waals surface area (Å²) < 4.78 is 7.25. The van der Waals surface area contributed by atoms with Crippen LogP contribution in [0.2, 0.25) is 0 Å². The van der Waals surface area contributed by atoms with Gasteiger partial charge >= 0.3 is 6.03 Å². The van der Waals surface area contributed by atoms with E-state index >= 15 is 0 Å². The number of rotatable bonds is 4. The molecule has 0 N–H and O–H groups in total. The van der Waals surface area contributed by atoms with Crippen LogP contribution in [-0.2, 0) is 11.3 Å². The Morgan fingerprint density at radius 3 is 2.50 bits per heavy atom. The summed E-state index contributed by atoms with van der Waals surface area (Å²) in [4.78, 5) is 30.1. The van der Waals surface area contributed by atoms with E-state index in [4.69, 9.17) is 4.74 Å². The monoisotopic (exact) mass is 383 g/mol. The topological polar surface area (TPSA) is 70.9 Å². The largest absolute Gasteiger partial charge is 0.497 e. The highest BCUT2D eigenvalue weighted by atomic mass is 16.5. The van der Waals surface area contributed by atoms with E-state index in [1.54, 1.807) is 32.3 Å². The third kappa shape index (κ3) is 2.84. The third-order valence-electron chi connectivity index (χ3n) is 6.03. The number of hydrogen-bond acceptors (Lipinski definition) is 5. The van der Waals surface area contributed by atoms with Gasteiger partial charge in [-0.2, -0.15) is 5.10 Å². The minimum Gasteiger partial charge on any atom is -0.497 e. The normalized spacial score (nSPS) is 19.7. The van der Waals surface area contributed by atoms with Crippen molar-refractivity contribution in [3.8, 4) is 11.4 Å². The Morgan fingerprint density at radius 2 is 1.93 bits per heavy atom. The molecule has 2 aromatic rings. The molecule has 8 nitrogen and oxygen atoms in total. The number of ether oxygens (including phenoxy) is 1. The van der Waals surface area contributed by atoms with Gasteiger partial charge in [-0.25, -0.2) is 9.48 Å². The Labute approximate surface area is 164 Å². The van der Waals surface area contributed by atoms with Gasteiger partial charge in [-0.3, -0.25) is 14.6 Å². The van der Waals surface area contributed by atoms with Crippen LogP contribution < -0.4 is 4.74 Å². The van der Waals surface area contributed by atoms with Gasteiger partial charge < -0.3 is 9.64 Å². The van der Waals surface area contributed by atoms with Crippen LogP contribution in [-0.4, -0.2) is 76.3 Å². The van der Waals surface area contributed by atoms with Crippen molar-refractivity contribution in [2.75, 3.05) is 34.3 Å². The van der Waals surface area contributed by atoms with Crippen molar-refractivity contribution in [3.05, 3.63) is 42.2 Å². The number of nitrogens with zero attached hydrogens (tertiary/aromatic N) is 5. The standard InChI is InChI=1S/C20H25N5O3/c1-22-18(26)20(23(2)19(22)27)7-11-24(12-8-20)14-15-13-16(28-3)5-6-17(15)25-10-4-9-21-25/h4-6,9-10,13H,7-8,11-12,14H2,1-3H3. The molecule has 4 rings (SSSR count). The lowest BCUT2D eigenvalue weighted by Gasteiger charge is -2.41. The fourth-order valence-corrected chi connectivity index (χ4v) is 4.27. The second kappa shape index (κ2) is 6.94. The lowest BCUT2D eigenvalue weighted by Crippen LogP contribution is -2.55. The molecule has 2 aliphatic heterocycles. The van der Waals surface area contributed by atoms with Crippen molar-refractivity contribution in [2.45, 2.75) is 24.9 Å². The minimum absolute atomic E-state index is 0.0849. The fraction of sp³-hybridized carbons (Fsp3) is 0.450. The smallest absolute Gasteiger partial charge is 0.327 e. The van der Waals surface area contributed by atoms with Crippen LogP contribution in [0.15, 0.2) is 36.7 Å². The summed E-state index contributed by atoms with van der Waals surface area (Å²) >= 11 is 0. The highest BCUT2D eigenvalue weighted by molar-refractivity contribution is 6.06. The molecule has 3 amide bonds. The first kappa shape index (κ1) is 18.5. The molecular formula is C20H25N5O3. The molecule has 0 bridgehead atoms. The van der Waals surface area contributed by atoms with Crippen LogP contribution in [0.4, 0.5) is 4.79 Å². The minimum atomic E-state index is -0.693. The predicted octanol–water partition coefficient (Wildman–Crippen LogP) is 1.74. The number of likely N-dealkylation sites (N-methyl/N-ethyl adjacent to an activating group) is 2. The van der Waals surface area contributed by atoms with Crippen molar-refractivity contribution in [3.63, 3.8) is 0 Å². The summed E-state index contributed by atoms with van der Waals surface area (Å²) in [6.07, 6.45) is 4.96. The molecular weight excluding hydrogens is 358 g/mol. The van der Waals surface area contributed by atoms with Crippen LogP contribution in [0, 0.1) is 0 Å². The van der Waals surface area contributed by atoms with Gasteiger partial charge in [-0.15, -0.1) is 0 Å². The first-order chi connectivity index (χ1) is 13.5. The van der Waals surface area contributed by atoms with Gasteiger partial charge in [0.15, 0.2) is 0 Å². The predicted molar refractivity (Wildman–Crippen MR) is 103 cm³/mol. The Kier molecular flexibility index (Phi) is 4.58. The van der Waals surface area contributed by atoms with Crippen LogP contribution in [0.1, 0.15) is 18.4 Å². The molecule has 8 heteroatoms. The zero-order valence-corrected chi connectivity index (χ0v) is 16.5. The maximum absolute atomic E-state index is 12.7. The summed E-state index contributed by atoms with van der Waals surface area (Å²) in [5, 5.41) is 4.35. The number of amides is 3. The molecule has 0 saturated carbocycles. The number of benzene rings is 1. The van der Waals surface area contributed by atoms with E-state index in [1.165, 1.54) is 4.90 Å². The number of carbonyl (C=O) groups is 2. The summed E-state index contributed by atoms with van der Waals surface area (Å²) in [5.74, 6) is 0.718. The van der Waals surface area contributed by atoms with E-state index in [0.717, 1.165) is 36.6 Å². The fourth-order valence-electron chi connectivity index (χ4n) is 4.27. The number of carbonyl (C=O) groups excluding carboxylic acids is 2. The summed E-state index contributed by atoms with van der Waals surface area (Å²) in [5.41, 5.74) is 1.43. The van der Waals surface area contributed by atoms with E-state index in [-0.39, 0.29) is 11.9 Å². The van der Waals surface area contributed by atoms with Gasteiger partial charge in [0.1, 0.15) is 11.3 Å². The van der Waals surface area contributed by atoms with Crippen molar-refractivity contribution >= 4 is 11.9 Å². The van der Waals surface area contributed by atoms with Gasteiger partial charge in [0.05, 0.1) is 12.8 Å². The molecule has 0 aliphatic carbocycles. The van der Waals surface area contributed by atoms with E-state index in [1.807, 2.05) is 35.1 Å². The maximum atomic E-state index is 12.7. The van der Waals surface area contributed by atoms with E-state index in [9.17, 15) is 9.59 Å². The number of urea groups is 1. The number of piperidine rings is 1. The third-order valence-corrected chi connectivity index (χ3v) is 6.03. The van der Waals surface area contributed by atoms with E-state index in [2.05, 4.69) is 10.00 Å². The van der Waals surface area contributed by atoms with Crippen molar-refractivity contribution in [1.82, 2.24) is 24.5 Å². The van der Waals surface area contributed by atoms with Crippen LogP contribution in [0.5, 0.6) is 5.75 Å². The van der Waals surface area contributed by atoms with Crippen molar-refractivity contribution in [1.29, 1.82) is 0 Å². The van der Waals surface area contributed by atoms with Crippen LogP contribution in [0.3, 0.4) is 0 Å². The molecule has 148 valence electrons. The van der Waals surface area contributed by atoms with Crippen molar-refractivity contribution < 1.29 is 14.3 Å². The zero-order chi connectivity index (χ0) is 19.9. The summed E-state index contributed by atoms with van der Waals surface area (Å²) in [6, 6.07) is 7.65. The highest BCUT2D eigenvalue weighted by Crippen LogP contribution is 2.36. The lowest BCUT2D eigenvalue weighted by molar-refractivity contribution is -0.134.